The van der Waals surface area contributed by atoms with E-state index in [4.69, 9.17) is 4.74 Å². The second kappa shape index (κ2) is 11.4. The Hall–Kier alpha value is -3.27. The van der Waals surface area contributed by atoms with Gasteiger partial charge in [-0.15, -0.1) is 0 Å². The molecule has 0 spiro atoms. The summed E-state index contributed by atoms with van der Waals surface area (Å²) in [5.74, 6) is -0.657. The molecule has 0 aromatic heterocycles. The molecule has 1 atom stereocenters. The number of ether oxygens (including phenoxy) is 1. The van der Waals surface area contributed by atoms with Crippen molar-refractivity contribution in [1.82, 2.24) is 14.5 Å². The van der Waals surface area contributed by atoms with Gasteiger partial charge in [0, 0.05) is 25.7 Å². The molecule has 0 bridgehead atoms. The summed E-state index contributed by atoms with van der Waals surface area (Å²) in [4.78, 5) is 14.7. The zero-order chi connectivity index (χ0) is 25.6. The van der Waals surface area contributed by atoms with Crippen LogP contribution in [0.4, 0.5) is 4.39 Å². The molecule has 0 fully saturated rings. The highest BCUT2D eigenvalue weighted by Crippen LogP contribution is 2.28. The van der Waals surface area contributed by atoms with Crippen molar-refractivity contribution in [3.05, 3.63) is 95.3 Å². The fourth-order valence-corrected chi connectivity index (χ4v) is 5.05. The molecule has 35 heavy (non-hydrogen) atoms. The molecule has 0 aliphatic heterocycles. The Balaban J connectivity index is 1.82. The number of methoxy groups -OCH3 is 1. The second-order valence-electron chi connectivity index (χ2n) is 8.36. The van der Waals surface area contributed by atoms with Gasteiger partial charge in [-0.2, -0.15) is 4.31 Å². The van der Waals surface area contributed by atoms with Crippen molar-refractivity contribution >= 4 is 15.9 Å². The lowest BCUT2D eigenvalue weighted by atomic mass is 10.1. The topological polar surface area (TPSA) is 79.0 Å². The van der Waals surface area contributed by atoms with E-state index in [0.717, 1.165) is 11.1 Å². The van der Waals surface area contributed by atoms with Gasteiger partial charge in [-0.3, -0.25) is 4.79 Å². The minimum Gasteiger partial charge on any atom is -0.495 e. The van der Waals surface area contributed by atoms with Crippen molar-refractivity contribution < 1.29 is 22.3 Å². The number of carbonyl (C=O) groups excluding carboxylic acids is 1. The van der Waals surface area contributed by atoms with E-state index in [2.05, 4.69) is 5.32 Å². The largest absolute Gasteiger partial charge is 0.495 e. The van der Waals surface area contributed by atoms with Crippen LogP contribution in [0.15, 0.2) is 77.7 Å². The van der Waals surface area contributed by atoms with E-state index in [1.54, 1.807) is 12.1 Å². The highest BCUT2D eigenvalue weighted by atomic mass is 32.2. The van der Waals surface area contributed by atoms with Crippen LogP contribution in [0, 0.1) is 5.82 Å². The first-order chi connectivity index (χ1) is 16.6. The number of nitrogens with one attached hydrogen (secondary N) is 1. The van der Waals surface area contributed by atoms with Crippen LogP contribution in [-0.4, -0.2) is 58.3 Å². The molecule has 0 aliphatic carbocycles. The maximum atomic E-state index is 13.7. The normalized spacial score (nSPS) is 12.5. The molecule has 186 valence electrons. The number of carbonyl (C=O) groups is 1. The van der Waals surface area contributed by atoms with E-state index in [-0.39, 0.29) is 41.2 Å². The first-order valence-corrected chi connectivity index (χ1v) is 12.5. The van der Waals surface area contributed by atoms with Gasteiger partial charge in [0.2, 0.25) is 10.0 Å². The van der Waals surface area contributed by atoms with Crippen molar-refractivity contribution in [2.45, 2.75) is 17.5 Å². The summed E-state index contributed by atoms with van der Waals surface area (Å²) in [6.07, 6.45) is 0. The minimum atomic E-state index is -3.95. The number of likely N-dealkylation sites (N-methyl/N-ethyl adjacent to an activating group) is 1. The van der Waals surface area contributed by atoms with Crippen molar-refractivity contribution in [2.24, 2.45) is 0 Å². The van der Waals surface area contributed by atoms with Crippen molar-refractivity contribution in [3.63, 3.8) is 0 Å². The van der Waals surface area contributed by atoms with E-state index in [1.165, 1.54) is 48.8 Å². The predicted octanol–water partition coefficient (Wildman–Crippen LogP) is 3.69. The van der Waals surface area contributed by atoms with Crippen molar-refractivity contribution in [2.75, 3.05) is 34.8 Å². The van der Waals surface area contributed by atoms with Gasteiger partial charge in [0.05, 0.1) is 13.2 Å². The number of hydrogen-bond acceptors (Lipinski definition) is 5. The standard InChI is InChI=1S/C26H30FN3O4S/c1-29(2)23(20-11-8-12-22(27)15-20)17-28-26(31)21-13-14-24(34-4)25(16-21)35(32,33)30(3)18-19-9-6-5-7-10-19/h5-16,23H,17-18H2,1-4H3,(H,28,31)/t23-/m1/s1. The Kier molecular flexibility index (Phi) is 8.61. The van der Waals surface area contributed by atoms with Crippen LogP contribution in [0.3, 0.4) is 0 Å². The van der Waals surface area contributed by atoms with Gasteiger partial charge in [-0.05, 0) is 55.6 Å². The van der Waals surface area contributed by atoms with Gasteiger partial charge in [-0.25, -0.2) is 12.8 Å². The van der Waals surface area contributed by atoms with Crippen molar-refractivity contribution in [1.29, 1.82) is 0 Å². The molecule has 7 nitrogen and oxygen atoms in total. The molecule has 0 saturated carbocycles. The maximum absolute atomic E-state index is 13.7. The number of hydrogen-bond donors (Lipinski definition) is 1. The van der Waals surface area contributed by atoms with Gasteiger partial charge in [0.1, 0.15) is 16.5 Å². The number of rotatable bonds is 10. The second-order valence-corrected chi connectivity index (χ2v) is 10.4. The smallest absolute Gasteiger partial charge is 0.251 e. The summed E-state index contributed by atoms with van der Waals surface area (Å²) in [5.41, 5.74) is 1.73. The number of nitrogens with zero attached hydrogens (tertiary/aromatic N) is 2. The maximum Gasteiger partial charge on any atom is 0.251 e. The Bertz CT molecular complexity index is 1270. The fourth-order valence-electron chi connectivity index (χ4n) is 3.72. The summed E-state index contributed by atoms with van der Waals surface area (Å²) < 4.78 is 46.9. The number of benzene rings is 3. The summed E-state index contributed by atoms with van der Waals surface area (Å²) in [5, 5.41) is 2.83. The van der Waals surface area contributed by atoms with Crippen LogP contribution in [0.2, 0.25) is 0 Å². The van der Waals surface area contributed by atoms with Gasteiger partial charge in [0.25, 0.3) is 5.91 Å². The lowest BCUT2D eigenvalue weighted by Crippen LogP contribution is -2.34. The van der Waals surface area contributed by atoms with Crippen LogP contribution in [0.25, 0.3) is 0 Å². The summed E-state index contributed by atoms with van der Waals surface area (Å²) in [7, 11) is 2.58. The van der Waals surface area contributed by atoms with E-state index < -0.39 is 15.9 Å². The summed E-state index contributed by atoms with van der Waals surface area (Å²) in [6, 6.07) is 19.4. The molecular formula is C26H30FN3O4S. The number of amides is 1. The lowest BCUT2D eigenvalue weighted by Gasteiger charge is -2.25. The molecule has 0 saturated heterocycles. The third-order valence-electron chi connectivity index (χ3n) is 5.67. The molecule has 0 heterocycles. The van der Waals surface area contributed by atoms with Crippen LogP contribution < -0.4 is 10.1 Å². The molecule has 0 radical (unpaired) electrons. The van der Waals surface area contributed by atoms with E-state index in [1.807, 2.05) is 49.3 Å². The third-order valence-corrected chi connectivity index (χ3v) is 7.50. The minimum absolute atomic E-state index is 0.0969. The average molecular weight is 500 g/mol. The molecule has 0 aliphatic rings. The predicted molar refractivity (Wildman–Crippen MR) is 133 cm³/mol. The summed E-state index contributed by atoms with van der Waals surface area (Å²) >= 11 is 0. The first kappa shape index (κ1) is 26.3. The van der Waals surface area contributed by atoms with Crippen LogP contribution in [0.5, 0.6) is 5.75 Å². The SMILES string of the molecule is COc1ccc(C(=O)NC[C@H](c2cccc(F)c2)N(C)C)cc1S(=O)(=O)N(C)Cc1ccccc1. The van der Waals surface area contributed by atoms with Crippen LogP contribution in [-0.2, 0) is 16.6 Å². The lowest BCUT2D eigenvalue weighted by molar-refractivity contribution is 0.0941. The molecule has 0 unspecified atom stereocenters. The molecule has 1 amide bonds. The quantitative estimate of drug-likeness (QED) is 0.460. The molecule has 1 N–H and O–H groups in total. The highest BCUT2D eigenvalue weighted by Gasteiger charge is 2.27. The fraction of sp³-hybridized carbons (Fsp3) is 0.269. The molecule has 3 rings (SSSR count). The number of sulfonamides is 1. The monoisotopic (exact) mass is 499 g/mol. The van der Waals surface area contributed by atoms with Crippen LogP contribution in [0.1, 0.15) is 27.5 Å². The molecule has 3 aromatic carbocycles. The van der Waals surface area contributed by atoms with Crippen molar-refractivity contribution in [3.8, 4) is 5.75 Å². The van der Waals surface area contributed by atoms with E-state index in [0.29, 0.717) is 0 Å². The van der Waals surface area contributed by atoms with Gasteiger partial charge < -0.3 is 15.0 Å². The van der Waals surface area contributed by atoms with E-state index >= 15 is 0 Å². The summed E-state index contributed by atoms with van der Waals surface area (Å²) in [6.45, 7) is 0.373. The van der Waals surface area contributed by atoms with Gasteiger partial charge >= 0.3 is 0 Å². The Morgan fingerprint density at radius 3 is 2.34 bits per heavy atom. The average Bonchev–Trinajstić information content (AvgIpc) is 2.84. The number of halogens is 1. The molecule has 3 aromatic rings. The molecular weight excluding hydrogens is 469 g/mol. The first-order valence-electron chi connectivity index (χ1n) is 11.0. The Morgan fingerprint density at radius 2 is 1.71 bits per heavy atom. The molecule has 9 heteroatoms. The Morgan fingerprint density at radius 1 is 1.00 bits per heavy atom. The zero-order valence-corrected chi connectivity index (χ0v) is 21.0. The van der Waals surface area contributed by atoms with Gasteiger partial charge in [0.15, 0.2) is 0 Å². The Labute approximate surface area is 206 Å². The van der Waals surface area contributed by atoms with E-state index in [9.17, 15) is 17.6 Å². The zero-order valence-electron chi connectivity index (χ0n) is 20.2. The highest BCUT2D eigenvalue weighted by molar-refractivity contribution is 7.89. The third kappa shape index (κ3) is 6.45. The van der Waals surface area contributed by atoms with Gasteiger partial charge in [-0.1, -0.05) is 42.5 Å². The van der Waals surface area contributed by atoms with Crippen LogP contribution >= 0.6 is 0 Å².